The minimum atomic E-state index is -3.78. The number of ether oxygens (including phenoxy) is 2. The maximum Gasteiger partial charge on any atom is 0.260 e. The van der Waals surface area contributed by atoms with Gasteiger partial charge in [0.2, 0.25) is 10.0 Å². The smallest absolute Gasteiger partial charge is 0.260 e. The van der Waals surface area contributed by atoms with Crippen LogP contribution < -0.4 is 4.90 Å². The molecule has 9 nitrogen and oxygen atoms in total. The maximum absolute atomic E-state index is 13.7. The zero-order valence-corrected chi connectivity index (χ0v) is 25.4. The number of aromatic nitrogens is 1. The molecule has 1 heterocycles. The molecule has 0 aliphatic heterocycles. The normalized spacial score (nSPS) is 12.1. The minimum absolute atomic E-state index is 0.112. The second-order valence-electron chi connectivity index (χ2n) is 8.51. The van der Waals surface area contributed by atoms with Crippen LogP contribution in [-0.2, 0) is 19.5 Å². The van der Waals surface area contributed by atoms with Crippen molar-refractivity contribution in [3.63, 3.8) is 0 Å². The summed E-state index contributed by atoms with van der Waals surface area (Å²) in [4.78, 5) is 22.5. The van der Waals surface area contributed by atoms with Crippen molar-refractivity contribution in [2.75, 3.05) is 71.6 Å². The number of likely N-dealkylation sites (N-methyl/N-ethyl adjacent to an activating group) is 1. The lowest BCUT2D eigenvalue weighted by atomic mass is 10.2. The van der Waals surface area contributed by atoms with Crippen LogP contribution in [-0.4, -0.2) is 95.2 Å². The zero-order valence-electron chi connectivity index (χ0n) is 22.2. The lowest BCUT2D eigenvalue weighted by Crippen LogP contribution is -2.39. The topological polar surface area (TPSA) is 92.3 Å². The molecule has 0 bridgehead atoms. The minimum Gasteiger partial charge on any atom is -0.383 e. The van der Waals surface area contributed by atoms with E-state index in [0.29, 0.717) is 23.8 Å². The summed E-state index contributed by atoms with van der Waals surface area (Å²) in [6, 6.07) is 11.9. The van der Waals surface area contributed by atoms with Gasteiger partial charge in [0, 0.05) is 50.4 Å². The maximum atomic E-state index is 13.7. The third-order valence-corrected chi connectivity index (χ3v) is 9.63. The molecular formula is C26H35BrN4O5S2. The quantitative estimate of drug-likeness (QED) is 0.248. The van der Waals surface area contributed by atoms with Crippen LogP contribution in [0.4, 0.5) is 5.13 Å². The van der Waals surface area contributed by atoms with Gasteiger partial charge in [0.25, 0.3) is 5.91 Å². The number of nitrogens with zero attached hydrogens (tertiary/aromatic N) is 4. The van der Waals surface area contributed by atoms with Crippen LogP contribution in [0.3, 0.4) is 0 Å². The van der Waals surface area contributed by atoms with E-state index in [9.17, 15) is 13.2 Å². The fourth-order valence-corrected chi connectivity index (χ4v) is 6.83. The van der Waals surface area contributed by atoms with Crippen LogP contribution in [0, 0.1) is 0 Å². The van der Waals surface area contributed by atoms with Crippen molar-refractivity contribution in [1.82, 2.24) is 14.2 Å². The number of sulfonamides is 1. The van der Waals surface area contributed by atoms with E-state index in [4.69, 9.17) is 14.5 Å². The Morgan fingerprint density at radius 3 is 2.16 bits per heavy atom. The van der Waals surface area contributed by atoms with E-state index in [0.717, 1.165) is 27.8 Å². The van der Waals surface area contributed by atoms with Gasteiger partial charge in [0.1, 0.15) is 0 Å². The van der Waals surface area contributed by atoms with E-state index >= 15 is 0 Å². The van der Waals surface area contributed by atoms with E-state index in [1.807, 2.05) is 18.2 Å². The van der Waals surface area contributed by atoms with E-state index in [2.05, 4.69) is 34.7 Å². The molecule has 3 rings (SSSR count). The van der Waals surface area contributed by atoms with E-state index in [1.54, 1.807) is 17.0 Å². The molecule has 0 saturated heterocycles. The number of fused-ring (bicyclic) bond motifs is 1. The largest absolute Gasteiger partial charge is 0.383 e. The molecule has 0 fully saturated rings. The number of anilines is 1. The van der Waals surface area contributed by atoms with E-state index in [1.165, 1.54) is 42.0 Å². The monoisotopic (exact) mass is 626 g/mol. The van der Waals surface area contributed by atoms with Gasteiger partial charge < -0.3 is 14.4 Å². The van der Waals surface area contributed by atoms with Crippen LogP contribution >= 0.6 is 27.3 Å². The Hall–Kier alpha value is -1.93. The highest BCUT2D eigenvalue weighted by molar-refractivity contribution is 9.10. The number of benzene rings is 2. The third-order valence-electron chi connectivity index (χ3n) is 6.18. The van der Waals surface area contributed by atoms with Gasteiger partial charge in [-0.2, -0.15) is 4.31 Å². The molecule has 12 heteroatoms. The Kier molecular flexibility index (Phi) is 11.6. The van der Waals surface area contributed by atoms with Crippen molar-refractivity contribution in [3.8, 4) is 0 Å². The van der Waals surface area contributed by atoms with Crippen molar-refractivity contribution in [2.24, 2.45) is 0 Å². The first-order chi connectivity index (χ1) is 18.2. The molecule has 0 spiro atoms. The van der Waals surface area contributed by atoms with Crippen LogP contribution in [0.2, 0.25) is 0 Å². The summed E-state index contributed by atoms with van der Waals surface area (Å²) >= 11 is 4.95. The predicted molar refractivity (Wildman–Crippen MR) is 156 cm³/mol. The third kappa shape index (κ3) is 7.59. The zero-order chi connectivity index (χ0) is 27.7. The van der Waals surface area contributed by atoms with Crippen molar-refractivity contribution in [2.45, 2.75) is 18.7 Å². The Balaban J connectivity index is 1.90. The molecule has 0 atom stereocenters. The predicted octanol–water partition coefficient (Wildman–Crippen LogP) is 4.33. The molecule has 1 aromatic heterocycles. The van der Waals surface area contributed by atoms with Gasteiger partial charge in [-0.15, -0.1) is 0 Å². The molecule has 208 valence electrons. The number of thiazole rings is 1. The van der Waals surface area contributed by atoms with Crippen LogP contribution in [0.1, 0.15) is 24.2 Å². The SMILES string of the molecule is CCN(CC)CCN(C(=O)c1ccc(S(=O)(=O)N(CCOC)CCOC)cc1)c1nc2ccc(Br)cc2s1. The van der Waals surface area contributed by atoms with Crippen molar-refractivity contribution >= 4 is 58.5 Å². The summed E-state index contributed by atoms with van der Waals surface area (Å²) in [6.07, 6.45) is 0. The van der Waals surface area contributed by atoms with Gasteiger partial charge in [-0.05, 0) is 55.6 Å². The van der Waals surface area contributed by atoms with Gasteiger partial charge in [0.15, 0.2) is 5.13 Å². The number of methoxy groups -OCH3 is 2. The highest BCUT2D eigenvalue weighted by Crippen LogP contribution is 2.32. The van der Waals surface area contributed by atoms with Crippen molar-refractivity contribution in [1.29, 1.82) is 0 Å². The number of halogens is 1. The number of amides is 1. The summed E-state index contributed by atoms with van der Waals surface area (Å²) in [6.45, 7) is 8.02. The van der Waals surface area contributed by atoms with Crippen molar-refractivity contribution < 1.29 is 22.7 Å². The average molecular weight is 628 g/mol. The summed E-state index contributed by atoms with van der Waals surface area (Å²) in [7, 11) is -0.732. The first-order valence-electron chi connectivity index (χ1n) is 12.4. The molecule has 0 unspecified atom stereocenters. The second-order valence-corrected chi connectivity index (χ2v) is 12.4. The highest BCUT2D eigenvalue weighted by atomic mass is 79.9. The first kappa shape index (κ1) is 30.6. The molecular weight excluding hydrogens is 592 g/mol. The van der Waals surface area contributed by atoms with Gasteiger partial charge in [-0.25, -0.2) is 13.4 Å². The summed E-state index contributed by atoms with van der Waals surface area (Å²) in [5.41, 5.74) is 1.21. The fraction of sp³-hybridized carbons (Fsp3) is 0.462. The summed E-state index contributed by atoms with van der Waals surface area (Å²) in [5.74, 6) is -0.227. The number of carbonyl (C=O) groups is 1. The van der Waals surface area contributed by atoms with Gasteiger partial charge in [-0.3, -0.25) is 9.69 Å². The Bertz CT molecular complexity index is 1290. The molecule has 3 aromatic rings. The number of hydrogen-bond acceptors (Lipinski definition) is 8. The van der Waals surface area contributed by atoms with Crippen LogP contribution in [0.5, 0.6) is 0 Å². The molecule has 2 aromatic carbocycles. The van der Waals surface area contributed by atoms with Gasteiger partial charge >= 0.3 is 0 Å². The molecule has 0 radical (unpaired) electrons. The van der Waals surface area contributed by atoms with Gasteiger partial charge in [-0.1, -0.05) is 41.1 Å². The first-order valence-corrected chi connectivity index (χ1v) is 15.5. The molecule has 1 amide bonds. The summed E-state index contributed by atoms with van der Waals surface area (Å²) in [5, 5.41) is 0.609. The molecule has 0 aliphatic rings. The number of carbonyl (C=O) groups excluding carboxylic acids is 1. The molecule has 0 aliphatic carbocycles. The van der Waals surface area contributed by atoms with Crippen molar-refractivity contribution in [3.05, 3.63) is 52.5 Å². The summed E-state index contributed by atoms with van der Waals surface area (Å²) < 4.78 is 39.9. The standard InChI is InChI=1S/C26H35BrN4O5S2/c1-5-29(6-2)13-14-31(26-28-23-12-9-21(27)19-24(23)37-26)25(32)20-7-10-22(11-8-20)38(33,34)30(15-17-35-3)16-18-36-4/h7-12,19H,5-6,13-18H2,1-4H3. The average Bonchev–Trinajstić information content (AvgIpc) is 3.33. The fourth-order valence-electron chi connectivity index (χ4n) is 3.88. The second kappa shape index (κ2) is 14.5. The number of rotatable bonds is 15. The van der Waals surface area contributed by atoms with E-state index < -0.39 is 10.0 Å². The lowest BCUT2D eigenvalue weighted by molar-refractivity contribution is 0.0983. The highest BCUT2D eigenvalue weighted by Gasteiger charge is 2.26. The van der Waals surface area contributed by atoms with Crippen LogP contribution in [0.25, 0.3) is 10.2 Å². The Morgan fingerprint density at radius 1 is 0.947 bits per heavy atom. The lowest BCUT2D eigenvalue weighted by Gasteiger charge is -2.25. The molecule has 38 heavy (non-hydrogen) atoms. The molecule has 0 saturated carbocycles. The van der Waals surface area contributed by atoms with Gasteiger partial charge in [0.05, 0.1) is 28.3 Å². The van der Waals surface area contributed by atoms with Crippen LogP contribution in [0.15, 0.2) is 51.8 Å². The number of hydrogen-bond donors (Lipinski definition) is 0. The Morgan fingerprint density at radius 2 is 1.58 bits per heavy atom. The molecule has 0 N–H and O–H groups in total. The van der Waals surface area contributed by atoms with E-state index in [-0.39, 0.29) is 37.1 Å². The Labute approximate surface area is 237 Å².